The minimum atomic E-state index is -0.773. The summed E-state index contributed by atoms with van der Waals surface area (Å²) in [6.07, 6.45) is 66.0. The number of rotatable bonds is 55. The first-order valence-electron chi connectivity index (χ1n) is 29.8. The first-order chi connectivity index (χ1) is 33.0. The van der Waals surface area contributed by atoms with E-state index >= 15 is 0 Å². The highest BCUT2D eigenvalue weighted by molar-refractivity contribution is 5.71. The van der Waals surface area contributed by atoms with E-state index in [1.165, 1.54) is 225 Å². The van der Waals surface area contributed by atoms with Crippen molar-refractivity contribution in [2.24, 2.45) is 0 Å². The number of ether oxygens (including phenoxy) is 3. The second-order valence-electron chi connectivity index (χ2n) is 20.3. The summed E-state index contributed by atoms with van der Waals surface area (Å²) in [5, 5.41) is 0. The minimum Gasteiger partial charge on any atom is -0.462 e. The molecule has 0 N–H and O–H groups in total. The van der Waals surface area contributed by atoms with Crippen molar-refractivity contribution in [1.82, 2.24) is 0 Å². The van der Waals surface area contributed by atoms with Gasteiger partial charge >= 0.3 is 17.9 Å². The Morgan fingerprint density at radius 2 is 0.493 bits per heavy atom. The molecule has 0 amide bonds. The predicted molar refractivity (Wildman–Crippen MR) is 289 cm³/mol. The summed E-state index contributed by atoms with van der Waals surface area (Å²) in [7, 11) is 0. The van der Waals surface area contributed by atoms with Gasteiger partial charge in [0.2, 0.25) is 0 Å². The van der Waals surface area contributed by atoms with Crippen LogP contribution in [0.15, 0.2) is 24.3 Å². The van der Waals surface area contributed by atoms with Crippen molar-refractivity contribution in [3.05, 3.63) is 24.3 Å². The SMILES string of the molecule is CCCCCCCCCC/C=C\CCCCCCCCCC(=O)OCC(COC(=O)CCCCCCCCCCCCCC)OC(=O)CCCCCCC/C=C\CCCCCCCCCCC. The fourth-order valence-corrected chi connectivity index (χ4v) is 8.91. The average Bonchev–Trinajstić information content (AvgIpc) is 3.33. The van der Waals surface area contributed by atoms with Gasteiger partial charge in [0.15, 0.2) is 6.10 Å². The summed E-state index contributed by atoms with van der Waals surface area (Å²) in [5.74, 6) is -0.864. The molecule has 0 spiro atoms. The number of hydrogen-bond acceptors (Lipinski definition) is 6. The third kappa shape index (κ3) is 54.7. The Labute approximate surface area is 417 Å². The highest BCUT2D eigenvalue weighted by Crippen LogP contribution is 2.16. The lowest BCUT2D eigenvalue weighted by molar-refractivity contribution is -0.167. The second kappa shape index (κ2) is 56.5. The topological polar surface area (TPSA) is 78.9 Å². The zero-order valence-electron chi connectivity index (χ0n) is 45.2. The molecule has 0 bridgehead atoms. The van der Waals surface area contributed by atoms with E-state index in [1.54, 1.807) is 0 Å². The molecule has 0 aromatic rings. The van der Waals surface area contributed by atoms with Gasteiger partial charge in [-0.2, -0.15) is 0 Å². The molecule has 0 fully saturated rings. The quantitative estimate of drug-likeness (QED) is 0.0262. The number of unbranched alkanes of at least 4 members (excludes halogenated alkanes) is 40. The van der Waals surface area contributed by atoms with Crippen LogP contribution in [-0.2, 0) is 28.6 Å². The monoisotopic (exact) mass is 943 g/mol. The fourth-order valence-electron chi connectivity index (χ4n) is 8.91. The van der Waals surface area contributed by atoms with Crippen LogP contribution in [0.2, 0.25) is 0 Å². The molecule has 394 valence electrons. The molecule has 0 saturated carbocycles. The van der Waals surface area contributed by atoms with E-state index in [4.69, 9.17) is 14.2 Å². The minimum absolute atomic E-state index is 0.0716. The van der Waals surface area contributed by atoms with Crippen molar-refractivity contribution in [2.45, 2.75) is 335 Å². The van der Waals surface area contributed by atoms with Gasteiger partial charge in [-0.25, -0.2) is 0 Å². The lowest BCUT2D eigenvalue weighted by Crippen LogP contribution is -2.30. The third-order valence-electron chi connectivity index (χ3n) is 13.4. The summed E-state index contributed by atoms with van der Waals surface area (Å²) < 4.78 is 16.9. The van der Waals surface area contributed by atoms with Crippen LogP contribution in [0, 0.1) is 0 Å². The van der Waals surface area contributed by atoms with Gasteiger partial charge in [-0.1, -0.05) is 263 Å². The first-order valence-corrected chi connectivity index (χ1v) is 29.8. The highest BCUT2D eigenvalue weighted by atomic mass is 16.6. The van der Waals surface area contributed by atoms with E-state index in [1.807, 2.05) is 0 Å². The maximum Gasteiger partial charge on any atom is 0.306 e. The van der Waals surface area contributed by atoms with E-state index < -0.39 is 6.10 Å². The Hall–Kier alpha value is -2.11. The largest absolute Gasteiger partial charge is 0.462 e. The lowest BCUT2D eigenvalue weighted by Gasteiger charge is -2.18. The molecule has 0 aliphatic carbocycles. The van der Waals surface area contributed by atoms with Gasteiger partial charge in [0.25, 0.3) is 0 Å². The van der Waals surface area contributed by atoms with Crippen molar-refractivity contribution in [3.63, 3.8) is 0 Å². The van der Waals surface area contributed by atoms with Crippen LogP contribution in [0.25, 0.3) is 0 Å². The molecular weight excluding hydrogens is 829 g/mol. The molecule has 6 heteroatoms. The predicted octanol–water partition coefficient (Wildman–Crippen LogP) is 19.9. The van der Waals surface area contributed by atoms with Crippen LogP contribution in [0.5, 0.6) is 0 Å². The summed E-state index contributed by atoms with van der Waals surface area (Å²) in [6, 6.07) is 0. The summed E-state index contributed by atoms with van der Waals surface area (Å²) in [6.45, 7) is 6.67. The van der Waals surface area contributed by atoms with Gasteiger partial charge in [0.05, 0.1) is 0 Å². The van der Waals surface area contributed by atoms with Crippen LogP contribution in [-0.4, -0.2) is 37.2 Å². The number of carbonyl (C=O) groups excluding carboxylic acids is 3. The Bertz CT molecular complexity index is 1080. The van der Waals surface area contributed by atoms with Gasteiger partial charge < -0.3 is 14.2 Å². The summed E-state index contributed by atoms with van der Waals surface area (Å²) in [5.41, 5.74) is 0. The fraction of sp³-hybridized carbons (Fsp3) is 0.885. The van der Waals surface area contributed by atoms with Crippen molar-refractivity contribution in [2.75, 3.05) is 13.2 Å². The number of carbonyl (C=O) groups is 3. The molecule has 1 atom stereocenters. The molecule has 6 nitrogen and oxygen atoms in total. The third-order valence-corrected chi connectivity index (χ3v) is 13.4. The van der Waals surface area contributed by atoms with E-state index in [9.17, 15) is 14.4 Å². The molecule has 67 heavy (non-hydrogen) atoms. The van der Waals surface area contributed by atoms with Gasteiger partial charge in [-0.15, -0.1) is 0 Å². The van der Waals surface area contributed by atoms with Crippen LogP contribution < -0.4 is 0 Å². The molecule has 0 aromatic heterocycles. The van der Waals surface area contributed by atoms with Crippen molar-refractivity contribution in [1.29, 1.82) is 0 Å². The number of hydrogen-bond donors (Lipinski definition) is 0. The normalized spacial score (nSPS) is 12.1. The number of esters is 3. The standard InChI is InChI=1S/C61H114O6/c1-4-7-10-13-16-19-22-25-27-29-31-33-34-36-39-42-45-48-51-54-60(63)66-57-58(56-65-59(62)53-50-47-44-41-38-24-21-18-15-12-9-6-3)67-61(64)55-52-49-46-43-40-37-35-32-30-28-26-23-20-17-14-11-8-5-2/h29,31-32,35,58H,4-28,30,33-34,36-57H2,1-3H3/b31-29-,35-32-. The van der Waals surface area contributed by atoms with Crippen molar-refractivity contribution >= 4 is 17.9 Å². The highest BCUT2D eigenvalue weighted by Gasteiger charge is 2.19. The van der Waals surface area contributed by atoms with Crippen LogP contribution in [0.1, 0.15) is 329 Å². The Morgan fingerprint density at radius 1 is 0.284 bits per heavy atom. The van der Waals surface area contributed by atoms with Crippen LogP contribution >= 0.6 is 0 Å². The van der Waals surface area contributed by atoms with E-state index in [0.717, 1.165) is 64.2 Å². The lowest BCUT2D eigenvalue weighted by atomic mass is 10.0. The average molecular weight is 944 g/mol. The van der Waals surface area contributed by atoms with Crippen LogP contribution in [0.3, 0.4) is 0 Å². The first kappa shape index (κ1) is 64.9. The Kier molecular flexibility index (Phi) is 54.7. The van der Waals surface area contributed by atoms with Crippen molar-refractivity contribution < 1.29 is 28.6 Å². The molecule has 0 aliphatic heterocycles. The zero-order chi connectivity index (χ0) is 48.6. The van der Waals surface area contributed by atoms with Crippen LogP contribution in [0.4, 0.5) is 0 Å². The molecule has 0 aliphatic rings. The molecule has 0 rings (SSSR count). The molecule has 0 aromatic carbocycles. The zero-order valence-corrected chi connectivity index (χ0v) is 45.2. The maximum absolute atomic E-state index is 12.9. The van der Waals surface area contributed by atoms with Crippen molar-refractivity contribution in [3.8, 4) is 0 Å². The molecule has 0 radical (unpaired) electrons. The molecular formula is C61H114O6. The van der Waals surface area contributed by atoms with E-state index in [2.05, 4.69) is 45.1 Å². The summed E-state index contributed by atoms with van der Waals surface area (Å²) in [4.78, 5) is 38.1. The van der Waals surface area contributed by atoms with Gasteiger partial charge in [-0.05, 0) is 70.6 Å². The van der Waals surface area contributed by atoms with E-state index in [-0.39, 0.29) is 31.1 Å². The van der Waals surface area contributed by atoms with E-state index in [0.29, 0.717) is 19.3 Å². The second-order valence-corrected chi connectivity index (χ2v) is 20.3. The Morgan fingerprint density at radius 3 is 0.746 bits per heavy atom. The summed E-state index contributed by atoms with van der Waals surface area (Å²) >= 11 is 0. The number of allylic oxidation sites excluding steroid dienone is 4. The Balaban J connectivity index is 4.32. The van der Waals surface area contributed by atoms with Gasteiger partial charge in [0, 0.05) is 19.3 Å². The maximum atomic E-state index is 12.9. The molecule has 1 unspecified atom stereocenters. The molecule has 0 heterocycles. The van der Waals surface area contributed by atoms with Gasteiger partial charge in [0.1, 0.15) is 13.2 Å². The smallest absolute Gasteiger partial charge is 0.306 e. The van der Waals surface area contributed by atoms with Gasteiger partial charge in [-0.3, -0.25) is 14.4 Å². The molecule has 0 saturated heterocycles.